The molecule has 2 amide bonds. The van der Waals surface area contributed by atoms with E-state index in [0.717, 1.165) is 6.07 Å². The molecule has 1 atom stereocenters. The molecule has 1 saturated heterocycles. The monoisotopic (exact) mass is 265 g/mol. The predicted octanol–water partition coefficient (Wildman–Crippen LogP) is 0.591. The minimum atomic E-state index is -0.588. The molecule has 1 aromatic carbocycles. The first kappa shape index (κ1) is 13.5. The van der Waals surface area contributed by atoms with Crippen molar-refractivity contribution in [2.75, 3.05) is 25.5 Å². The molecule has 6 heteroatoms. The molecular formula is C13H16FN3O2. The van der Waals surface area contributed by atoms with E-state index in [2.05, 4.69) is 0 Å². The zero-order valence-corrected chi connectivity index (χ0v) is 10.9. The van der Waals surface area contributed by atoms with Crippen LogP contribution in [0.15, 0.2) is 18.2 Å². The van der Waals surface area contributed by atoms with E-state index in [1.807, 2.05) is 0 Å². The first-order valence-electron chi connectivity index (χ1n) is 6.00. The molecular weight excluding hydrogens is 249 g/mol. The molecule has 1 aliphatic rings. The molecule has 0 aliphatic carbocycles. The van der Waals surface area contributed by atoms with Crippen LogP contribution in [0.2, 0.25) is 0 Å². The average molecular weight is 265 g/mol. The van der Waals surface area contributed by atoms with Gasteiger partial charge in [0.1, 0.15) is 5.82 Å². The number of nitrogens with zero attached hydrogens (tertiary/aromatic N) is 2. The van der Waals surface area contributed by atoms with E-state index in [9.17, 15) is 14.0 Å². The Balaban J connectivity index is 2.30. The Morgan fingerprint density at radius 1 is 1.47 bits per heavy atom. The van der Waals surface area contributed by atoms with Crippen molar-refractivity contribution in [3.8, 4) is 0 Å². The first-order chi connectivity index (χ1) is 8.91. The number of halogens is 1. The third kappa shape index (κ3) is 2.44. The Bertz CT molecular complexity index is 531. The first-order valence-corrected chi connectivity index (χ1v) is 6.00. The van der Waals surface area contributed by atoms with E-state index < -0.39 is 11.9 Å². The van der Waals surface area contributed by atoms with Crippen molar-refractivity contribution in [2.45, 2.75) is 12.5 Å². The second-order valence-corrected chi connectivity index (χ2v) is 4.75. The summed E-state index contributed by atoms with van der Waals surface area (Å²) in [5, 5.41) is 0. The Hall–Kier alpha value is -1.95. The molecule has 1 fully saturated rings. The van der Waals surface area contributed by atoms with Gasteiger partial charge in [-0.15, -0.1) is 0 Å². The lowest BCUT2D eigenvalue weighted by Crippen LogP contribution is -2.34. The Kier molecular flexibility index (Phi) is 3.53. The zero-order valence-electron chi connectivity index (χ0n) is 10.9. The number of amides is 2. The van der Waals surface area contributed by atoms with Gasteiger partial charge in [0.05, 0.1) is 11.7 Å². The van der Waals surface area contributed by atoms with Gasteiger partial charge in [0.15, 0.2) is 0 Å². The van der Waals surface area contributed by atoms with Gasteiger partial charge in [-0.25, -0.2) is 4.39 Å². The molecule has 1 aliphatic heterocycles. The van der Waals surface area contributed by atoms with Crippen molar-refractivity contribution < 1.29 is 14.0 Å². The van der Waals surface area contributed by atoms with E-state index in [-0.39, 0.29) is 23.1 Å². The van der Waals surface area contributed by atoms with Crippen molar-refractivity contribution >= 4 is 17.5 Å². The lowest BCUT2D eigenvalue weighted by atomic mass is 10.1. The second-order valence-electron chi connectivity index (χ2n) is 4.75. The van der Waals surface area contributed by atoms with Crippen LogP contribution < -0.4 is 10.6 Å². The summed E-state index contributed by atoms with van der Waals surface area (Å²) in [5.41, 5.74) is 6.03. The summed E-state index contributed by atoms with van der Waals surface area (Å²) in [6, 6.07) is 3.54. The molecule has 5 nitrogen and oxygen atoms in total. The molecule has 1 heterocycles. The van der Waals surface area contributed by atoms with Gasteiger partial charge in [0, 0.05) is 26.2 Å². The molecule has 19 heavy (non-hydrogen) atoms. The van der Waals surface area contributed by atoms with Crippen molar-refractivity contribution in [3.63, 3.8) is 0 Å². The van der Waals surface area contributed by atoms with E-state index in [1.165, 1.54) is 21.9 Å². The molecule has 0 spiro atoms. The average Bonchev–Trinajstić information content (AvgIpc) is 2.69. The van der Waals surface area contributed by atoms with Gasteiger partial charge in [0.25, 0.3) is 5.91 Å². The third-order valence-electron chi connectivity index (χ3n) is 3.14. The SMILES string of the molecule is CN(C)C(=O)c1ccc(N2CCC(N)C2=O)c(F)c1. The van der Waals surface area contributed by atoms with Crippen LogP contribution >= 0.6 is 0 Å². The van der Waals surface area contributed by atoms with Crippen molar-refractivity contribution in [1.29, 1.82) is 0 Å². The highest BCUT2D eigenvalue weighted by atomic mass is 19.1. The van der Waals surface area contributed by atoms with Crippen LogP contribution in [0.5, 0.6) is 0 Å². The minimum absolute atomic E-state index is 0.174. The maximum absolute atomic E-state index is 14.0. The van der Waals surface area contributed by atoms with Crippen molar-refractivity contribution in [3.05, 3.63) is 29.6 Å². The van der Waals surface area contributed by atoms with Gasteiger partial charge in [0.2, 0.25) is 5.91 Å². The molecule has 2 rings (SSSR count). The van der Waals surface area contributed by atoms with Crippen LogP contribution in [-0.4, -0.2) is 43.4 Å². The third-order valence-corrected chi connectivity index (χ3v) is 3.14. The lowest BCUT2D eigenvalue weighted by Gasteiger charge is -2.18. The number of rotatable bonds is 2. The fourth-order valence-electron chi connectivity index (χ4n) is 2.06. The summed E-state index contributed by atoms with van der Waals surface area (Å²) < 4.78 is 14.0. The summed E-state index contributed by atoms with van der Waals surface area (Å²) in [6.45, 7) is 0.401. The summed E-state index contributed by atoms with van der Waals surface area (Å²) in [7, 11) is 3.19. The second kappa shape index (κ2) is 4.97. The number of carbonyl (C=O) groups is 2. The Morgan fingerprint density at radius 2 is 2.16 bits per heavy atom. The highest BCUT2D eigenvalue weighted by molar-refractivity contribution is 6.00. The molecule has 0 saturated carbocycles. The fraction of sp³-hybridized carbons (Fsp3) is 0.385. The molecule has 1 unspecified atom stereocenters. The highest BCUT2D eigenvalue weighted by Crippen LogP contribution is 2.25. The van der Waals surface area contributed by atoms with Gasteiger partial charge >= 0.3 is 0 Å². The standard InChI is InChI=1S/C13H16FN3O2/c1-16(2)12(18)8-3-4-11(9(14)7-8)17-6-5-10(15)13(17)19/h3-4,7,10H,5-6,15H2,1-2H3. The number of carbonyl (C=O) groups excluding carboxylic acids is 2. The number of benzene rings is 1. The molecule has 0 bridgehead atoms. The topological polar surface area (TPSA) is 66.6 Å². The molecule has 102 valence electrons. The Labute approximate surface area is 110 Å². The van der Waals surface area contributed by atoms with Crippen molar-refractivity contribution in [2.24, 2.45) is 5.73 Å². The predicted molar refractivity (Wildman–Crippen MR) is 69.4 cm³/mol. The smallest absolute Gasteiger partial charge is 0.253 e. The van der Waals surface area contributed by atoms with E-state index in [0.29, 0.717) is 13.0 Å². The fourth-order valence-corrected chi connectivity index (χ4v) is 2.06. The van der Waals surface area contributed by atoms with Gasteiger partial charge in [-0.3, -0.25) is 9.59 Å². The zero-order chi connectivity index (χ0) is 14.2. The largest absolute Gasteiger partial charge is 0.345 e. The number of hydrogen-bond acceptors (Lipinski definition) is 3. The lowest BCUT2D eigenvalue weighted by molar-refractivity contribution is -0.118. The van der Waals surface area contributed by atoms with Gasteiger partial charge in [-0.05, 0) is 24.6 Å². The summed E-state index contributed by atoms with van der Waals surface area (Å²) in [6.07, 6.45) is 0.511. The maximum atomic E-state index is 14.0. The normalized spacial score (nSPS) is 18.8. The number of anilines is 1. The van der Waals surface area contributed by atoms with Gasteiger partial charge in [-0.2, -0.15) is 0 Å². The summed E-state index contributed by atoms with van der Waals surface area (Å²) >= 11 is 0. The van der Waals surface area contributed by atoms with Crippen LogP contribution in [-0.2, 0) is 4.79 Å². The van der Waals surface area contributed by atoms with E-state index >= 15 is 0 Å². The van der Waals surface area contributed by atoms with Gasteiger partial charge in [-0.1, -0.05) is 0 Å². The van der Waals surface area contributed by atoms with Crippen LogP contribution in [0.4, 0.5) is 10.1 Å². The quantitative estimate of drug-likeness (QED) is 0.851. The highest BCUT2D eigenvalue weighted by Gasteiger charge is 2.31. The van der Waals surface area contributed by atoms with E-state index in [4.69, 9.17) is 5.73 Å². The van der Waals surface area contributed by atoms with E-state index in [1.54, 1.807) is 14.1 Å². The van der Waals surface area contributed by atoms with Crippen LogP contribution in [0.25, 0.3) is 0 Å². The number of hydrogen-bond donors (Lipinski definition) is 1. The summed E-state index contributed by atoms with van der Waals surface area (Å²) in [4.78, 5) is 26.1. The molecule has 2 N–H and O–H groups in total. The molecule has 0 aromatic heterocycles. The molecule has 0 radical (unpaired) electrons. The minimum Gasteiger partial charge on any atom is -0.345 e. The molecule has 1 aromatic rings. The van der Waals surface area contributed by atoms with Crippen molar-refractivity contribution in [1.82, 2.24) is 4.90 Å². The van der Waals surface area contributed by atoms with Crippen LogP contribution in [0.3, 0.4) is 0 Å². The summed E-state index contributed by atoms with van der Waals surface area (Å²) in [5.74, 6) is -1.16. The van der Waals surface area contributed by atoms with Crippen LogP contribution in [0.1, 0.15) is 16.8 Å². The Morgan fingerprint density at radius 3 is 2.63 bits per heavy atom. The van der Waals surface area contributed by atoms with Gasteiger partial charge < -0.3 is 15.5 Å². The van der Waals surface area contributed by atoms with Crippen LogP contribution in [0, 0.1) is 5.82 Å². The maximum Gasteiger partial charge on any atom is 0.253 e. The number of nitrogens with two attached hydrogens (primary N) is 1.